The van der Waals surface area contributed by atoms with E-state index in [4.69, 9.17) is 37.7 Å². The van der Waals surface area contributed by atoms with Crippen LogP contribution in [-0.4, -0.2) is 29.8 Å². The normalized spacial score (nSPS) is 17.3. The smallest absolute Gasteiger partial charge is 0.338 e. The summed E-state index contributed by atoms with van der Waals surface area (Å²) in [4.78, 5) is 20.4. The summed E-state index contributed by atoms with van der Waals surface area (Å²) in [5, 5.41) is 1.86. The highest BCUT2D eigenvalue weighted by Gasteiger charge is 2.39. The zero-order chi connectivity index (χ0) is 22.1. The molecule has 1 atom stereocenters. The van der Waals surface area contributed by atoms with Crippen molar-refractivity contribution < 1.29 is 14.3 Å². The number of carbonyl (C=O) groups excluding carboxylic acids is 1. The third-order valence-electron chi connectivity index (χ3n) is 5.02. The molecule has 0 aromatic heterocycles. The number of ether oxygens (including phenoxy) is 2. The summed E-state index contributed by atoms with van der Waals surface area (Å²) in [6, 6.07) is 12.6. The van der Waals surface area contributed by atoms with E-state index in [2.05, 4.69) is 0 Å². The maximum Gasteiger partial charge on any atom is 0.338 e. The average molecular weight is 512 g/mol. The molecule has 0 aliphatic carbocycles. The van der Waals surface area contributed by atoms with E-state index < -0.39 is 6.04 Å². The van der Waals surface area contributed by atoms with Crippen molar-refractivity contribution in [1.82, 2.24) is 4.90 Å². The molecule has 0 fully saturated rings. The zero-order valence-electron chi connectivity index (χ0n) is 17.6. The lowest BCUT2D eigenvalue weighted by molar-refractivity contribution is -0.139. The van der Waals surface area contributed by atoms with E-state index in [1.54, 1.807) is 26.2 Å². The van der Waals surface area contributed by atoms with Gasteiger partial charge in [-0.3, -0.25) is 0 Å². The Balaban J connectivity index is 0.00000289. The van der Waals surface area contributed by atoms with Crippen molar-refractivity contribution in [3.8, 4) is 5.75 Å². The number of esters is 1. The number of hydrogen-bond donors (Lipinski definition) is 0. The summed E-state index contributed by atoms with van der Waals surface area (Å²) < 4.78 is 10.7. The minimum Gasteiger partial charge on any atom is -0.497 e. The van der Waals surface area contributed by atoms with E-state index in [-0.39, 0.29) is 25.0 Å². The van der Waals surface area contributed by atoms with Crippen LogP contribution in [0, 0.1) is 0 Å². The summed E-state index contributed by atoms with van der Waals surface area (Å²) >= 11 is 14.4. The summed E-state index contributed by atoms with van der Waals surface area (Å²) in [5.41, 5.74) is 2.78. The van der Waals surface area contributed by atoms with Crippen LogP contribution in [0.25, 0.3) is 4.91 Å². The number of thioether (sulfide) groups is 1. The molecule has 2 aromatic carbocycles. The lowest BCUT2D eigenvalue weighted by Crippen LogP contribution is -2.34. The number of carbonyl (C=O) groups is 1. The van der Waals surface area contributed by atoms with Crippen LogP contribution in [0.5, 0.6) is 5.75 Å². The molecular formula is C23H21Cl3N2O3S. The molecule has 0 saturated heterocycles. The molecule has 0 spiro atoms. The van der Waals surface area contributed by atoms with Crippen LogP contribution in [0.2, 0.25) is 10.0 Å². The zero-order valence-corrected chi connectivity index (χ0v) is 20.7. The van der Waals surface area contributed by atoms with Gasteiger partial charge >= 0.3 is 5.97 Å². The van der Waals surface area contributed by atoms with E-state index in [1.807, 2.05) is 48.4 Å². The van der Waals surface area contributed by atoms with Crippen LogP contribution in [0.15, 0.2) is 64.9 Å². The highest BCUT2D eigenvalue weighted by atomic mass is 35.5. The Morgan fingerprint density at radius 3 is 2.41 bits per heavy atom. The van der Waals surface area contributed by atoms with Crippen LogP contribution in [0.3, 0.4) is 0 Å². The number of rotatable bonds is 5. The first-order valence-electron chi connectivity index (χ1n) is 9.67. The first kappa shape index (κ1) is 24.5. The molecule has 2 heterocycles. The molecule has 0 saturated carbocycles. The molecule has 168 valence electrons. The predicted octanol–water partition coefficient (Wildman–Crippen LogP) is 6.72. The fourth-order valence-electron chi connectivity index (χ4n) is 3.60. The standard InChI is InChI=1S/C23H20Cl2N2O3S.ClH/c1-4-30-22(28)19-13(2)26-23-27(21(19)14-8-10-15(29-3)11-9-14)12-18(31-23)20-16(24)6-5-7-17(20)25;/h5-12,21H,4H2,1-3H3;1H. The fourth-order valence-corrected chi connectivity index (χ4v) is 5.44. The minimum absolute atomic E-state index is 0. The molecule has 0 amide bonds. The van der Waals surface area contributed by atoms with Gasteiger partial charge in [0.2, 0.25) is 0 Å². The lowest BCUT2D eigenvalue weighted by atomic mass is 9.94. The molecule has 5 nitrogen and oxygen atoms in total. The quantitative estimate of drug-likeness (QED) is 0.417. The molecule has 2 aromatic rings. The van der Waals surface area contributed by atoms with E-state index in [0.29, 0.717) is 21.3 Å². The summed E-state index contributed by atoms with van der Waals surface area (Å²) in [6.45, 7) is 3.90. The average Bonchev–Trinajstić information content (AvgIpc) is 3.15. The molecule has 0 radical (unpaired) electrons. The molecule has 9 heteroatoms. The first-order valence-corrected chi connectivity index (χ1v) is 11.2. The van der Waals surface area contributed by atoms with Gasteiger partial charge in [0.25, 0.3) is 0 Å². The van der Waals surface area contributed by atoms with Gasteiger partial charge in [0, 0.05) is 16.7 Å². The van der Waals surface area contributed by atoms with Crippen molar-refractivity contribution in [3.05, 3.63) is 81.1 Å². The van der Waals surface area contributed by atoms with Gasteiger partial charge in [0.15, 0.2) is 5.17 Å². The van der Waals surface area contributed by atoms with E-state index >= 15 is 0 Å². The van der Waals surface area contributed by atoms with Crippen LogP contribution < -0.4 is 4.74 Å². The van der Waals surface area contributed by atoms with Gasteiger partial charge < -0.3 is 14.4 Å². The van der Waals surface area contributed by atoms with Gasteiger partial charge in [0.1, 0.15) is 5.75 Å². The summed E-state index contributed by atoms with van der Waals surface area (Å²) in [5.74, 6) is 0.355. The Labute approximate surface area is 207 Å². The largest absolute Gasteiger partial charge is 0.497 e. The molecule has 0 bridgehead atoms. The van der Waals surface area contributed by atoms with Gasteiger partial charge in [-0.2, -0.15) is 0 Å². The number of fused-ring (bicyclic) bond motifs is 1. The van der Waals surface area contributed by atoms with Gasteiger partial charge in [-0.25, -0.2) is 9.79 Å². The Hall–Kier alpha value is -2.12. The van der Waals surface area contributed by atoms with Crippen LogP contribution >= 0.6 is 47.4 Å². The van der Waals surface area contributed by atoms with Crippen LogP contribution in [0.4, 0.5) is 0 Å². The van der Waals surface area contributed by atoms with Gasteiger partial charge in [-0.05, 0) is 55.4 Å². The number of benzene rings is 2. The third-order valence-corrected chi connectivity index (χ3v) is 6.66. The number of halogens is 3. The second kappa shape index (κ2) is 10.2. The van der Waals surface area contributed by atoms with Crippen molar-refractivity contribution in [1.29, 1.82) is 0 Å². The maximum absolute atomic E-state index is 12.9. The lowest BCUT2D eigenvalue weighted by Gasteiger charge is -2.33. The van der Waals surface area contributed by atoms with Crippen LogP contribution in [-0.2, 0) is 9.53 Å². The minimum atomic E-state index is -0.399. The number of methoxy groups -OCH3 is 1. The molecule has 2 aliphatic rings. The molecule has 1 unspecified atom stereocenters. The third kappa shape index (κ3) is 4.50. The van der Waals surface area contributed by atoms with Gasteiger partial charge in [0.05, 0.1) is 41.1 Å². The monoisotopic (exact) mass is 510 g/mol. The Morgan fingerprint density at radius 1 is 1.16 bits per heavy atom. The SMILES string of the molecule is CCOC(=O)C1=C(C)N=C2SC(c3c(Cl)cccc3Cl)=CN2C1c1ccc(OC)cc1.Cl. The van der Waals surface area contributed by atoms with Gasteiger partial charge in [-0.1, -0.05) is 41.4 Å². The predicted molar refractivity (Wildman–Crippen MR) is 134 cm³/mol. The van der Waals surface area contributed by atoms with Crippen molar-refractivity contribution in [2.75, 3.05) is 13.7 Å². The Morgan fingerprint density at radius 2 is 1.81 bits per heavy atom. The summed E-state index contributed by atoms with van der Waals surface area (Å²) in [6.07, 6.45) is 1.94. The van der Waals surface area contributed by atoms with Crippen molar-refractivity contribution in [2.24, 2.45) is 4.99 Å². The highest BCUT2D eigenvalue weighted by Crippen LogP contribution is 2.49. The van der Waals surface area contributed by atoms with E-state index in [1.165, 1.54) is 11.8 Å². The number of allylic oxidation sites excluding steroid dienone is 1. The number of hydrogen-bond acceptors (Lipinski definition) is 6. The maximum atomic E-state index is 12.9. The molecular weight excluding hydrogens is 491 g/mol. The first-order chi connectivity index (χ1) is 14.9. The Kier molecular flexibility index (Phi) is 7.83. The van der Waals surface area contributed by atoms with Crippen molar-refractivity contribution in [2.45, 2.75) is 19.9 Å². The van der Waals surface area contributed by atoms with Crippen LogP contribution in [0.1, 0.15) is 31.0 Å². The molecule has 4 rings (SSSR count). The number of aliphatic imine (C=N–C) groups is 1. The van der Waals surface area contributed by atoms with Gasteiger partial charge in [-0.15, -0.1) is 12.4 Å². The topological polar surface area (TPSA) is 51.1 Å². The summed E-state index contributed by atoms with van der Waals surface area (Å²) in [7, 11) is 1.62. The molecule has 32 heavy (non-hydrogen) atoms. The highest BCUT2D eigenvalue weighted by molar-refractivity contribution is 8.22. The van der Waals surface area contributed by atoms with E-state index in [0.717, 1.165) is 26.9 Å². The second-order valence-corrected chi connectivity index (χ2v) is 8.71. The molecule has 0 N–H and O–H groups in total. The number of amidine groups is 1. The van der Waals surface area contributed by atoms with E-state index in [9.17, 15) is 4.79 Å². The molecule has 2 aliphatic heterocycles. The van der Waals surface area contributed by atoms with Crippen molar-refractivity contribution in [3.63, 3.8) is 0 Å². The fraction of sp³-hybridized carbons (Fsp3) is 0.217. The Bertz CT molecular complexity index is 1110. The second-order valence-electron chi connectivity index (χ2n) is 6.89. The van der Waals surface area contributed by atoms with Crippen molar-refractivity contribution >= 4 is 63.4 Å². The number of nitrogens with zero attached hydrogens (tertiary/aromatic N) is 2.